The van der Waals surface area contributed by atoms with Gasteiger partial charge in [0, 0.05) is 13.0 Å². The molecular formula is C30H56NO3S+. The zero-order chi connectivity index (χ0) is 24.7. The fourth-order valence-electron chi connectivity index (χ4n) is 4.88. The van der Waals surface area contributed by atoms with E-state index in [0.717, 1.165) is 26.0 Å². The van der Waals surface area contributed by atoms with Gasteiger partial charge in [-0.2, -0.15) is 4.57 Å². The monoisotopic (exact) mass is 510 g/mol. The summed E-state index contributed by atoms with van der Waals surface area (Å²) in [6.07, 6.45) is 29.3. The molecule has 2 rings (SSSR count). The SMILES string of the molecule is CCCCCCCCCCCCCCCCC[C@@H]1OC[C@@H](COCCCCCC[n+]2ccsc2)O1. The number of nitrogens with zero attached hydrogens (tertiary/aromatic N) is 1. The molecule has 1 fully saturated rings. The van der Waals surface area contributed by atoms with Crippen LogP contribution in [0.3, 0.4) is 0 Å². The number of aryl methyl sites for hydroxylation is 1. The lowest BCUT2D eigenvalue weighted by Gasteiger charge is -2.12. The zero-order valence-electron chi connectivity index (χ0n) is 22.9. The van der Waals surface area contributed by atoms with Crippen LogP contribution in [0.4, 0.5) is 0 Å². The summed E-state index contributed by atoms with van der Waals surface area (Å²) in [5.74, 6) is 0. The molecule has 1 aromatic rings. The van der Waals surface area contributed by atoms with Gasteiger partial charge in [0.05, 0.1) is 18.6 Å². The van der Waals surface area contributed by atoms with Crippen LogP contribution >= 0.6 is 11.3 Å². The quantitative estimate of drug-likeness (QED) is 0.0974. The second-order valence-corrected chi connectivity index (χ2v) is 11.3. The Morgan fingerprint density at radius 3 is 2.00 bits per heavy atom. The van der Waals surface area contributed by atoms with Gasteiger partial charge in [0.25, 0.3) is 0 Å². The van der Waals surface area contributed by atoms with Gasteiger partial charge in [-0.05, 0) is 25.7 Å². The minimum atomic E-state index is 0.000164. The molecule has 0 bridgehead atoms. The van der Waals surface area contributed by atoms with E-state index in [-0.39, 0.29) is 12.4 Å². The Bertz CT molecular complexity index is 554. The Kier molecular flexibility index (Phi) is 19.9. The number of rotatable bonds is 25. The van der Waals surface area contributed by atoms with Gasteiger partial charge in [-0.3, -0.25) is 0 Å². The first-order chi connectivity index (χ1) is 17.4. The molecule has 2 atom stereocenters. The average Bonchev–Trinajstić information content (AvgIpc) is 3.55. The highest BCUT2D eigenvalue weighted by molar-refractivity contribution is 7.07. The molecule has 0 amide bonds. The molecule has 0 spiro atoms. The number of aromatic nitrogens is 1. The summed E-state index contributed by atoms with van der Waals surface area (Å²) in [6, 6.07) is 0. The Hall–Kier alpha value is -0.490. The predicted molar refractivity (Wildman–Crippen MR) is 148 cm³/mol. The Balaban J connectivity index is 1.25. The van der Waals surface area contributed by atoms with Gasteiger partial charge in [0.1, 0.15) is 12.6 Å². The lowest BCUT2D eigenvalue weighted by molar-refractivity contribution is -0.692. The number of hydrogen-bond donors (Lipinski definition) is 0. The van der Waals surface area contributed by atoms with Crippen molar-refractivity contribution >= 4 is 11.3 Å². The summed E-state index contributed by atoms with van der Waals surface area (Å²) >= 11 is 1.76. The van der Waals surface area contributed by atoms with Crippen LogP contribution in [0.1, 0.15) is 135 Å². The molecular weight excluding hydrogens is 454 g/mol. The van der Waals surface area contributed by atoms with Crippen molar-refractivity contribution in [1.82, 2.24) is 0 Å². The molecule has 0 N–H and O–H groups in total. The van der Waals surface area contributed by atoms with Gasteiger partial charge < -0.3 is 14.2 Å². The predicted octanol–water partition coefficient (Wildman–Crippen LogP) is 8.62. The van der Waals surface area contributed by atoms with Crippen LogP contribution in [0.25, 0.3) is 0 Å². The molecule has 1 aromatic heterocycles. The van der Waals surface area contributed by atoms with E-state index >= 15 is 0 Å². The molecule has 0 saturated carbocycles. The summed E-state index contributed by atoms with van der Waals surface area (Å²) in [5.41, 5.74) is 2.18. The third-order valence-corrected chi connectivity index (χ3v) is 7.81. The molecule has 1 aliphatic rings. The van der Waals surface area contributed by atoms with E-state index in [0.29, 0.717) is 13.2 Å². The van der Waals surface area contributed by atoms with E-state index in [1.165, 1.54) is 116 Å². The number of ether oxygens (including phenoxy) is 3. The van der Waals surface area contributed by atoms with Crippen molar-refractivity contribution in [3.05, 3.63) is 17.1 Å². The molecule has 1 saturated heterocycles. The fourth-order valence-corrected chi connectivity index (χ4v) is 5.51. The first kappa shape index (κ1) is 30.7. The van der Waals surface area contributed by atoms with Crippen LogP contribution < -0.4 is 4.57 Å². The van der Waals surface area contributed by atoms with Crippen LogP contribution in [-0.2, 0) is 20.8 Å². The summed E-state index contributed by atoms with van der Waals surface area (Å²) < 4.78 is 20.0. The third-order valence-electron chi connectivity index (χ3n) is 7.14. The zero-order valence-corrected chi connectivity index (χ0v) is 23.8. The second kappa shape index (κ2) is 22.7. The van der Waals surface area contributed by atoms with Gasteiger partial charge in [-0.15, -0.1) is 0 Å². The molecule has 0 aromatic carbocycles. The van der Waals surface area contributed by atoms with Gasteiger partial charge in [0.15, 0.2) is 12.5 Å². The molecule has 35 heavy (non-hydrogen) atoms. The van der Waals surface area contributed by atoms with Crippen LogP contribution in [0.5, 0.6) is 0 Å². The standard InChI is InChI=1S/C30H56NO3S/c1-2-3-4-5-6-7-8-9-10-11-12-13-14-15-18-21-30-33-27-29(34-30)26-32-24-20-17-16-19-22-31-23-25-35-28-31/h23,25,28-30H,2-22,24,26-27H2,1H3/q+1/t29-,30-/m1/s1. The third kappa shape index (κ3) is 17.6. The summed E-state index contributed by atoms with van der Waals surface area (Å²) in [4.78, 5) is 0. The van der Waals surface area contributed by atoms with Crippen LogP contribution in [-0.4, -0.2) is 32.2 Å². The van der Waals surface area contributed by atoms with Gasteiger partial charge >= 0.3 is 0 Å². The first-order valence-corrected chi connectivity index (χ1v) is 16.1. The normalized spacial score (nSPS) is 18.0. The van der Waals surface area contributed by atoms with Crippen molar-refractivity contribution in [3.63, 3.8) is 0 Å². The van der Waals surface area contributed by atoms with E-state index in [9.17, 15) is 0 Å². The molecule has 1 aliphatic heterocycles. The maximum Gasteiger partial charge on any atom is 0.224 e. The summed E-state index contributed by atoms with van der Waals surface area (Å²) in [5, 5.41) is 2.13. The highest BCUT2D eigenvalue weighted by atomic mass is 32.1. The average molecular weight is 511 g/mol. The van der Waals surface area contributed by atoms with E-state index in [4.69, 9.17) is 14.2 Å². The molecule has 4 nitrogen and oxygen atoms in total. The minimum Gasteiger partial charge on any atom is -0.379 e. The van der Waals surface area contributed by atoms with Crippen molar-refractivity contribution in [2.45, 2.75) is 154 Å². The Morgan fingerprint density at radius 2 is 1.37 bits per heavy atom. The minimum absolute atomic E-state index is 0.000164. The topological polar surface area (TPSA) is 31.6 Å². The lowest BCUT2D eigenvalue weighted by Crippen LogP contribution is -2.29. The van der Waals surface area contributed by atoms with Crippen molar-refractivity contribution < 1.29 is 18.8 Å². The van der Waals surface area contributed by atoms with Crippen LogP contribution in [0, 0.1) is 0 Å². The van der Waals surface area contributed by atoms with E-state index in [1.807, 2.05) is 0 Å². The number of unbranched alkanes of at least 4 members (excludes halogenated alkanes) is 17. The molecule has 5 heteroatoms. The first-order valence-electron chi connectivity index (χ1n) is 15.1. The molecule has 204 valence electrons. The molecule has 0 aliphatic carbocycles. The second-order valence-electron chi connectivity index (χ2n) is 10.5. The Morgan fingerprint density at radius 1 is 0.771 bits per heavy atom. The largest absolute Gasteiger partial charge is 0.379 e. The van der Waals surface area contributed by atoms with E-state index in [1.54, 1.807) is 11.3 Å². The highest BCUT2D eigenvalue weighted by Gasteiger charge is 2.25. The van der Waals surface area contributed by atoms with Crippen molar-refractivity contribution in [2.75, 3.05) is 19.8 Å². The maximum atomic E-state index is 6.02. The van der Waals surface area contributed by atoms with Crippen molar-refractivity contribution in [2.24, 2.45) is 0 Å². The number of thiazole rings is 1. The summed E-state index contributed by atoms with van der Waals surface area (Å²) in [7, 11) is 0. The number of hydrogen-bond acceptors (Lipinski definition) is 4. The fraction of sp³-hybridized carbons (Fsp3) is 0.900. The van der Waals surface area contributed by atoms with Crippen LogP contribution in [0.2, 0.25) is 0 Å². The smallest absolute Gasteiger partial charge is 0.224 e. The molecule has 0 radical (unpaired) electrons. The lowest BCUT2D eigenvalue weighted by atomic mass is 10.0. The molecule has 0 unspecified atom stereocenters. The highest BCUT2D eigenvalue weighted by Crippen LogP contribution is 2.19. The van der Waals surface area contributed by atoms with Gasteiger partial charge in [0.2, 0.25) is 5.51 Å². The maximum absolute atomic E-state index is 6.02. The van der Waals surface area contributed by atoms with Crippen molar-refractivity contribution in [1.29, 1.82) is 0 Å². The van der Waals surface area contributed by atoms with Gasteiger partial charge in [-0.1, -0.05) is 115 Å². The van der Waals surface area contributed by atoms with Crippen LogP contribution in [0.15, 0.2) is 17.1 Å². The van der Waals surface area contributed by atoms with Crippen molar-refractivity contribution in [3.8, 4) is 0 Å². The Labute approximate surface area is 221 Å². The van der Waals surface area contributed by atoms with E-state index in [2.05, 4.69) is 28.6 Å². The van der Waals surface area contributed by atoms with E-state index < -0.39 is 0 Å². The summed E-state index contributed by atoms with van der Waals surface area (Å²) in [6.45, 7) is 5.65. The molecule has 2 heterocycles. The van der Waals surface area contributed by atoms with Gasteiger partial charge in [-0.25, -0.2) is 0 Å².